The Morgan fingerprint density at radius 1 is 1.31 bits per heavy atom. The molecule has 0 bridgehead atoms. The van der Waals surface area contributed by atoms with Gasteiger partial charge < -0.3 is 4.74 Å². The molecule has 0 N–H and O–H groups in total. The minimum absolute atomic E-state index is 0.343. The minimum Gasteiger partial charge on any atom is -0.465 e. The zero-order valence-corrected chi connectivity index (χ0v) is 9.88. The molecule has 0 aliphatic heterocycles. The predicted octanol–water partition coefficient (Wildman–Crippen LogP) is 2.91. The van der Waals surface area contributed by atoms with Crippen LogP contribution in [0.4, 0.5) is 0 Å². The van der Waals surface area contributed by atoms with Gasteiger partial charge in [0.1, 0.15) is 0 Å². The third kappa shape index (κ3) is 1.97. The van der Waals surface area contributed by atoms with Crippen LogP contribution < -0.4 is 0 Å². The van der Waals surface area contributed by atoms with Gasteiger partial charge in [-0.15, -0.1) is 0 Å². The summed E-state index contributed by atoms with van der Waals surface area (Å²) in [7, 11) is 1.37. The first-order valence-corrected chi connectivity index (χ1v) is 5.65. The fourth-order valence-electron chi connectivity index (χ4n) is 1.41. The van der Waals surface area contributed by atoms with Crippen LogP contribution >= 0.6 is 11.5 Å². The van der Waals surface area contributed by atoms with Crippen molar-refractivity contribution in [2.75, 3.05) is 7.11 Å². The van der Waals surface area contributed by atoms with E-state index in [-0.39, 0.29) is 5.97 Å². The van der Waals surface area contributed by atoms with E-state index in [1.807, 2.05) is 31.2 Å². The molecule has 4 heteroatoms. The van der Waals surface area contributed by atoms with Crippen molar-refractivity contribution < 1.29 is 9.53 Å². The Hall–Kier alpha value is -1.68. The van der Waals surface area contributed by atoms with Crippen molar-refractivity contribution in [3.63, 3.8) is 0 Å². The Morgan fingerprint density at radius 2 is 2.00 bits per heavy atom. The Morgan fingerprint density at radius 3 is 2.62 bits per heavy atom. The molecule has 0 aliphatic rings. The predicted molar refractivity (Wildman–Crippen MR) is 63.6 cm³/mol. The Kier molecular flexibility index (Phi) is 3.01. The van der Waals surface area contributed by atoms with Gasteiger partial charge in [-0.25, -0.2) is 4.79 Å². The minimum atomic E-state index is -0.343. The van der Waals surface area contributed by atoms with Gasteiger partial charge in [-0.1, -0.05) is 29.8 Å². The molecule has 0 amide bonds. The Bertz CT molecular complexity index is 502. The van der Waals surface area contributed by atoms with Crippen LogP contribution in [-0.4, -0.2) is 17.5 Å². The monoisotopic (exact) mass is 233 g/mol. The molecule has 1 heterocycles. The van der Waals surface area contributed by atoms with Crippen molar-refractivity contribution >= 4 is 17.5 Å². The van der Waals surface area contributed by atoms with Gasteiger partial charge in [0.15, 0.2) is 0 Å². The van der Waals surface area contributed by atoms with Gasteiger partial charge in [0.05, 0.1) is 18.4 Å². The average Bonchev–Trinajstić information content (AvgIpc) is 2.78. The lowest BCUT2D eigenvalue weighted by atomic mass is 10.1. The molecular formula is C12H11NO2S. The SMILES string of the molecule is COC(=O)c1csnc1-c1ccc(C)cc1. The highest BCUT2D eigenvalue weighted by Gasteiger charge is 2.15. The number of carbonyl (C=O) groups excluding carboxylic acids is 1. The molecular weight excluding hydrogens is 222 g/mol. The van der Waals surface area contributed by atoms with Gasteiger partial charge in [0.25, 0.3) is 0 Å². The standard InChI is InChI=1S/C12H11NO2S/c1-8-3-5-9(6-4-8)11-10(7-16-13-11)12(14)15-2/h3-7H,1-2H3. The topological polar surface area (TPSA) is 39.2 Å². The largest absolute Gasteiger partial charge is 0.465 e. The first-order chi connectivity index (χ1) is 7.72. The third-order valence-corrected chi connectivity index (χ3v) is 2.93. The van der Waals surface area contributed by atoms with Crippen molar-refractivity contribution in [3.05, 3.63) is 40.8 Å². The fourth-order valence-corrected chi connectivity index (χ4v) is 2.09. The van der Waals surface area contributed by atoms with E-state index in [1.165, 1.54) is 24.2 Å². The normalized spacial score (nSPS) is 10.1. The number of nitrogens with zero attached hydrogens (tertiary/aromatic N) is 1. The van der Waals surface area contributed by atoms with Gasteiger partial charge in [0, 0.05) is 10.9 Å². The summed E-state index contributed by atoms with van der Waals surface area (Å²) in [6, 6.07) is 7.90. The molecule has 0 aliphatic carbocycles. The molecule has 1 aromatic carbocycles. The number of benzene rings is 1. The summed E-state index contributed by atoms with van der Waals surface area (Å²) in [6.45, 7) is 2.02. The molecule has 0 saturated carbocycles. The molecule has 1 aromatic heterocycles. The second-order valence-electron chi connectivity index (χ2n) is 3.43. The van der Waals surface area contributed by atoms with E-state index >= 15 is 0 Å². The lowest BCUT2D eigenvalue weighted by molar-refractivity contribution is 0.0602. The molecule has 0 fully saturated rings. The first-order valence-electron chi connectivity index (χ1n) is 4.82. The summed E-state index contributed by atoms with van der Waals surface area (Å²) >= 11 is 1.26. The molecule has 0 atom stereocenters. The summed E-state index contributed by atoms with van der Waals surface area (Å²) in [5.74, 6) is -0.343. The van der Waals surface area contributed by atoms with Crippen LogP contribution in [0.1, 0.15) is 15.9 Å². The van der Waals surface area contributed by atoms with Crippen LogP contribution in [-0.2, 0) is 4.74 Å². The van der Waals surface area contributed by atoms with Gasteiger partial charge in [0.2, 0.25) is 0 Å². The van der Waals surface area contributed by atoms with Crippen LogP contribution in [0.3, 0.4) is 0 Å². The van der Waals surface area contributed by atoms with E-state index in [2.05, 4.69) is 4.37 Å². The molecule has 3 nitrogen and oxygen atoms in total. The maximum atomic E-state index is 11.5. The fraction of sp³-hybridized carbons (Fsp3) is 0.167. The average molecular weight is 233 g/mol. The quantitative estimate of drug-likeness (QED) is 0.749. The second-order valence-corrected chi connectivity index (χ2v) is 4.06. The molecule has 0 unspecified atom stereocenters. The van der Waals surface area contributed by atoms with Crippen molar-refractivity contribution in [2.24, 2.45) is 0 Å². The summed E-state index contributed by atoms with van der Waals surface area (Å²) in [5.41, 5.74) is 3.33. The third-order valence-electron chi connectivity index (χ3n) is 2.30. The zero-order valence-electron chi connectivity index (χ0n) is 9.06. The van der Waals surface area contributed by atoms with Crippen LogP contribution in [0, 0.1) is 6.92 Å². The second kappa shape index (κ2) is 4.45. The number of methoxy groups -OCH3 is 1. The molecule has 16 heavy (non-hydrogen) atoms. The van der Waals surface area contributed by atoms with Crippen LogP contribution in [0.25, 0.3) is 11.3 Å². The van der Waals surface area contributed by atoms with E-state index in [4.69, 9.17) is 4.74 Å². The maximum absolute atomic E-state index is 11.5. The maximum Gasteiger partial charge on any atom is 0.341 e. The van der Waals surface area contributed by atoms with E-state index in [9.17, 15) is 4.79 Å². The van der Waals surface area contributed by atoms with Gasteiger partial charge in [-0.3, -0.25) is 0 Å². The number of carbonyl (C=O) groups is 1. The van der Waals surface area contributed by atoms with Gasteiger partial charge in [-0.05, 0) is 18.5 Å². The molecule has 82 valence electrons. The number of aromatic nitrogens is 1. The highest BCUT2D eigenvalue weighted by Crippen LogP contribution is 2.24. The number of ether oxygens (including phenoxy) is 1. The van der Waals surface area contributed by atoms with Gasteiger partial charge >= 0.3 is 5.97 Å². The number of esters is 1. The van der Waals surface area contributed by atoms with Crippen LogP contribution in [0.2, 0.25) is 0 Å². The van der Waals surface area contributed by atoms with Crippen molar-refractivity contribution in [1.29, 1.82) is 0 Å². The lowest BCUT2D eigenvalue weighted by Crippen LogP contribution is -2.01. The van der Waals surface area contributed by atoms with E-state index < -0.39 is 0 Å². The van der Waals surface area contributed by atoms with Crippen molar-refractivity contribution in [1.82, 2.24) is 4.37 Å². The first kappa shape index (κ1) is 10.8. The van der Waals surface area contributed by atoms with Crippen molar-refractivity contribution in [2.45, 2.75) is 6.92 Å². The van der Waals surface area contributed by atoms with Crippen molar-refractivity contribution in [3.8, 4) is 11.3 Å². The summed E-state index contributed by atoms with van der Waals surface area (Å²) in [6.07, 6.45) is 0. The van der Waals surface area contributed by atoms with E-state index in [0.717, 1.165) is 5.56 Å². The number of hydrogen-bond acceptors (Lipinski definition) is 4. The Labute approximate surface area is 97.9 Å². The molecule has 2 aromatic rings. The molecule has 0 spiro atoms. The summed E-state index contributed by atoms with van der Waals surface area (Å²) in [4.78, 5) is 11.5. The Balaban J connectivity index is 2.44. The summed E-state index contributed by atoms with van der Waals surface area (Å²) in [5, 5.41) is 1.71. The van der Waals surface area contributed by atoms with E-state index in [1.54, 1.807) is 5.38 Å². The number of hydrogen-bond donors (Lipinski definition) is 0. The summed E-state index contributed by atoms with van der Waals surface area (Å²) < 4.78 is 8.93. The number of aryl methyl sites for hydroxylation is 1. The highest BCUT2D eigenvalue weighted by atomic mass is 32.1. The van der Waals surface area contributed by atoms with Gasteiger partial charge in [-0.2, -0.15) is 4.37 Å². The molecule has 0 radical (unpaired) electrons. The smallest absolute Gasteiger partial charge is 0.341 e. The van der Waals surface area contributed by atoms with Crippen LogP contribution in [0.5, 0.6) is 0 Å². The zero-order chi connectivity index (χ0) is 11.5. The number of rotatable bonds is 2. The molecule has 0 saturated heterocycles. The highest BCUT2D eigenvalue weighted by molar-refractivity contribution is 7.04. The van der Waals surface area contributed by atoms with Crippen LogP contribution in [0.15, 0.2) is 29.6 Å². The molecule has 2 rings (SSSR count). The lowest BCUT2D eigenvalue weighted by Gasteiger charge is -2.01. The van der Waals surface area contributed by atoms with E-state index in [0.29, 0.717) is 11.3 Å².